The van der Waals surface area contributed by atoms with Gasteiger partial charge in [0.1, 0.15) is 22.9 Å². The van der Waals surface area contributed by atoms with Gasteiger partial charge in [-0.1, -0.05) is 24.3 Å². The minimum atomic E-state index is -0.925. The number of ether oxygens (including phenoxy) is 1. The lowest BCUT2D eigenvalue weighted by atomic mass is 10.0. The molecular formula is C32H34N10O4. The Morgan fingerprint density at radius 3 is 1.52 bits per heavy atom. The highest BCUT2D eigenvalue weighted by molar-refractivity contribution is 5.91. The third-order valence-corrected chi connectivity index (χ3v) is 7.35. The molecule has 0 saturated carbocycles. The molecule has 46 heavy (non-hydrogen) atoms. The summed E-state index contributed by atoms with van der Waals surface area (Å²) in [7, 11) is 0. The summed E-state index contributed by atoms with van der Waals surface area (Å²) in [6.07, 6.45) is 6.81. The molecule has 4 heterocycles. The molecule has 0 amide bonds. The first-order valence-corrected chi connectivity index (χ1v) is 14.5. The van der Waals surface area contributed by atoms with Crippen LogP contribution in [-0.2, 0) is 30.4 Å². The zero-order valence-corrected chi connectivity index (χ0v) is 25.1. The van der Waals surface area contributed by atoms with Crippen LogP contribution in [0, 0.1) is 0 Å². The second-order valence-electron chi connectivity index (χ2n) is 10.4. The van der Waals surface area contributed by atoms with Crippen LogP contribution in [0.4, 0.5) is 23.5 Å². The monoisotopic (exact) mass is 622 g/mol. The van der Waals surface area contributed by atoms with Gasteiger partial charge in [0.05, 0.1) is 28.5 Å². The normalized spacial score (nSPS) is 10.9. The largest absolute Gasteiger partial charge is 0.478 e. The van der Waals surface area contributed by atoms with E-state index >= 15 is 0 Å². The SMILES string of the molecule is CCOC(=O)c1ccc(CCc2c[nH]c3nc(N)nc(N)c23)cc1.Nc1nc(N)c2c(CCc3ccc(C(=O)O)cc3)c[nH]c2n1. The fourth-order valence-corrected chi connectivity index (χ4v) is 5.08. The van der Waals surface area contributed by atoms with Crippen molar-refractivity contribution in [2.45, 2.75) is 32.6 Å². The summed E-state index contributed by atoms with van der Waals surface area (Å²) in [6, 6.07) is 14.3. The van der Waals surface area contributed by atoms with Crippen molar-refractivity contribution in [3.8, 4) is 0 Å². The Kier molecular flexibility index (Phi) is 9.26. The molecule has 0 aliphatic carbocycles. The van der Waals surface area contributed by atoms with Gasteiger partial charge in [-0.3, -0.25) is 0 Å². The van der Waals surface area contributed by atoms with Crippen LogP contribution in [0.2, 0.25) is 0 Å². The number of nitrogen functional groups attached to an aromatic ring is 4. The lowest BCUT2D eigenvalue weighted by Gasteiger charge is -2.05. The van der Waals surface area contributed by atoms with Crippen LogP contribution in [0.15, 0.2) is 60.9 Å². The van der Waals surface area contributed by atoms with Gasteiger partial charge in [0.25, 0.3) is 0 Å². The molecule has 4 aromatic heterocycles. The summed E-state index contributed by atoms with van der Waals surface area (Å²) in [5.41, 5.74) is 29.4. The first kappa shape index (κ1) is 31.3. The van der Waals surface area contributed by atoms with Gasteiger partial charge in [-0.2, -0.15) is 19.9 Å². The number of aromatic carboxylic acids is 1. The average molecular weight is 623 g/mol. The maximum atomic E-state index is 11.6. The number of benzene rings is 2. The number of fused-ring (bicyclic) bond motifs is 2. The summed E-state index contributed by atoms with van der Waals surface area (Å²) in [4.78, 5) is 44.8. The number of hydrogen-bond donors (Lipinski definition) is 7. The van der Waals surface area contributed by atoms with Crippen LogP contribution in [0.5, 0.6) is 0 Å². The number of nitrogens with two attached hydrogens (primary N) is 4. The summed E-state index contributed by atoms with van der Waals surface area (Å²) in [5.74, 6) is -0.189. The van der Waals surface area contributed by atoms with Crippen molar-refractivity contribution in [1.29, 1.82) is 0 Å². The van der Waals surface area contributed by atoms with Crippen molar-refractivity contribution < 1.29 is 19.4 Å². The fourth-order valence-electron chi connectivity index (χ4n) is 5.08. The van der Waals surface area contributed by atoms with Crippen molar-refractivity contribution in [3.05, 3.63) is 94.3 Å². The summed E-state index contributed by atoms with van der Waals surface area (Å²) in [6.45, 7) is 2.16. The van der Waals surface area contributed by atoms with E-state index < -0.39 is 5.97 Å². The Balaban J connectivity index is 0.000000182. The zero-order valence-electron chi connectivity index (χ0n) is 25.1. The fraction of sp³-hybridized carbons (Fsp3) is 0.188. The highest BCUT2D eigenvalue weighted by Gasteiger charge is 2.13. The molecule has 0 atom stereocenters. The minimum Gasteiger partial charge on any atom is -0.478 e. The molecule has 0 spiro atoms. The second-order valence-corrected chi connectivity index (χ2v) is 10.4. The van der Waals surface area contributed by atoms with Crippen LogP contribution in [0.3, 0.4) is 0 Å². The molecule has 0 saturated heterocycles. The first-order chi connectivity index (χ1) is 22.1. The van der Waals surface area contributed by atoms with E-state index in [9.17, 15) is 9.59 Å². The number of carboxylic acids is 1. The second kappa shape index (κ2) is 13.6. The average Bonchev–Trinajstić information content (AvgIpc) is 3.64. The number of hydrogen-bond acceptors (Lipinski definition) is 11. The molecule has 0 fully saturated rings. The number of nitrogens with one attached hydrogen (secondary N) is 2. The van der Waals surface area contributed by atoms with Crippen molar-refractivity contribution in [3.63, 3.8) is 0 Å². The number of aromatic nitrogens is 6. The highest BCUT2D eigenvalue weighted by atomic mass is 16.5. The number of carbonyl (C=O) groups excluding carboxylic acids is 1. The number of esters is 1. The van der Waals surface area contributed by atoms with E-state index in [0.717, 1.165) is 58.7 Å². The predicted octanol–water partition coefficient (Wildman–Crippen LogP) is 3.69. The lowest BCUT2D eigenvalue weighted by molar-refractivity contribution is 0.0525. The maximum Gasteiger partial charge on any atom is 0.338 e. The topological polar surface area (TPSA) is 251 Å². The third-order valence-electron chi connectivity index (χ3n) is 7.35. The van der Waals surface area contributed by atoms with Gasteiger partial charge in [-0.25, -0.2) is 9.59 Å². The predicted molar refractivity (Wildman–Crippen MR) is 176 cm³/mol. The van der Waals surface area contributed by atoms with Crippen LogP contribution in [0.25, 0.3) is 22.1 Å². The van der Waals surface area contributed by atoms with Gasteiger partial charge in [-0.15, -0.1) is 0 Å². The van der Waals surface area contributed by atoms with Crippen LogP contribution < -0.4 is 22.9 Å². The van der Waals surface area contributed by atoms with Crippen LogP contribution in [0.1, 0.15) is 49.9 Å². The molecule has 0 bridgehead atoms. The number of anilines is 4. The van der Waals surface area contributed by atoms with Crippen LogP contribution in [-0.4, -0.2) is 53.6 Å². The zero-order chi connectivity index (χ0) is 32.8. The summed E-state index contributed by atoms with van der Waals surface area (Å²) >= 11 is 0. The molecule has 0 unspecified atom stereocenters. The quantitative estimate of drug-likeness (QED) is 0.114. The van der Waals surface area contributed by atoms with Crippen molar-refractivity contribution >= 4 is 57.5 Å². The molecule has 6 aromatic rings. The molecule has 0 aliphatic rings. The third kappa shape index (κ3) is 7.13. The van der Waals surface area contributed by atoms with Gasteiger partial charge in [-0.05, 0) is 79.1 Å². The van der Waals surface area contributed by atoms with Crippen LogP contribution >= 0.6 is 0 Å². The summed E-state index contributed by atoms with van der Waals surface area (Å²) in [5, 5.41) is 10.5. The number of carboxylic acid groups (broad SMARTS) is 1. The standard InChI is InChI=1S/C17H19N5O2.C15H15N5O2/c1-2-24-16(23)11-6-3-10(4-7-11)5-8-12-9-20-15-13(12)14(18)21-17(19)22-15;16-12-11-10(7-18-13(11)20-15(17)19-12)6-3-8-1-4-9(5-2-8)14(21)22/h3-4,6-7,9H,2,5,8H2,1H3,(H5,18,19,20,21,22);1-2,4-5,7H,3,6H2,(H,21,22)(H5,16,17,18,19,20). The van der Waals surface area contributed by atoms with Gasteiger partial charge in [0, 0.05) is 12.4 Å². The Morgan fingerprint density at radius 1 is 0.674 bits per heavy atom. The molecule has 0 aliphatic heterocycles. The number of aryl methyl sites for hydroxylation is 4. The van der Waals surface area contributed by atoms with Gasteiger partial charge in [0.15, 0.2) is 0 Å². The first-order valence-electron chi connectivity index (χ1n) is 14.5. The Hall–Kier alpha value is -6.18. The highest BCUT2D eigenvalue weighted by Crippen LogP contribution is 2.25. The van der Waals surface area contributed by atoms with Crippen molar-refractivity contribution in [2.24, 2.45) is 0 Å². The Bertz CT molecular complexity index is 2000. The Labute approximate surface area is 263 Å². The minimum absolute atomic E-state index is 0.141. The molecule has 0 radical (unpaired) electrons. The molecule has 2 aromatic carbocycles. The van der Waals surface area contributed by atoms with E-state index in [-0.39, 0.29) is 23.4 Å². The van der Waals surface area contributed by atoms with E-state index in [1.54, 1.807) is 31.2 Å². The molecular weight excluding hydrogens is 588 g/mol. The van der Waals surface area contributed by atoms with Gasteiger partial charge < -0.3 is 42.7 Å². The smallest absolute Gasteiger partial charge is 0.338 e. The molecule has 14 heteroatoms. The van der Waals surface area contributed by atoms with E-state index in [1.807, 2.05) is 36.7 Å². The molecule has 14 nitrogen and oxygen atoms in total. The van der Waals surface area contributed by atoms with E-state index in [2.05, 4.69) is 29.9 Å². The number of H-pyrrole nitrogens is 2. The van der Waals surface area contributed by atoms with E-state index in [1.165, 1.54) is 0 Å². The maximum absolute atomic E-state index is 11.6. The Morgan fingerprint density at radius 2 is 1.11 bits per heavy atom. The molecule has 6 rings (SSSR count). The number of aromatic amines is 2. The van der Waals surface area contributed by atoms with E-state index in [0.29, 0.717) is 35.1 Å². The lowest BCUT2D eigenvalue weighted by Crippen LogP contribution is -2.04. The van der Waals surface area contributed by atoms with Crippen molar-refractivity contribution in [1.82, 2.24) is 29.9 Å². The van der Waals surface area contributed by atoms with E-state index in [4.69, 9.17) is 32.8 Å². The van der Waals surface area contributed by atoms with Gasteiger partial charge in [0.2, 0.25) is 11.9 Å². The molecule has 11 N–H and O–H groups in total. The number of carbonyl (C=O) groups is 2. The summed E-state index contributed by atoms with van der Waals surface area (Å²) < 4.78 is 4.98. The van der Waals surface area contributed by atoms with Gasteiger partial charge >= 0.3 is 11.9 Å². The molecule has 236 valence electrons. The number of rotatable bonds is 9. The van der Waals surface area contributed by atoms with Crippen molar-refractivity contribution in [2.75, 3.05) is 29.5 Å². The number of nitrogens with zero attached hydrogens (tertiary/aromatic N) is 4.